The third-order valence-electron chi connectivity index (χ3n) is 4.01. The number of rotatable bonds is 4. The molecule has 1 saturated carbocycles. The Kier molecular flexibility index (Phi) is 3.90. The lowest BCUT2D eigenvalue weighted by molar-refractivity contribution is -0.122. The topological polar surface area (TPSA) is 69.6 Å². The fourth-order valence-electron chi connectivity index (χ4n) is 2.60. The maximum Gasteiger partial charge on any atom is 0.224 e. The molecule has 0 bridgehead atoms. The minimum Gasteiger partial charge on any atom is -0.504 e. The predicted octanol–water partition coefficient (Wildman–Crippen LogP) is 2.80. The van der Waals surface area contributed by atoms with Crippen LogP contribution in [0.2, 0.25) is 0 Å². The Morgan fingerprint density at radius 2 is 1.87 bits per heavy atom. The monoisotopic (exact) mass is 319 g/mol. The second-order valence-electron chi connectivity index (χ2n) is 5.66. The van der Waals surface area contributed by atoms with Gasteiger partial charge in [-0.05, 0) is 47.7 Å². The van der Waals surface area contributed by atoms with Gasteiger partial charge in [0.1, 0.15) is 0 Å². The molecule has 0 aliphatic heterocycles. The van der Waals surface area contributed by atoms with E-state index in [2.05, 4.69) is 5.32 Å². The quantitative estimate of drug-likeness (QED) is 0.759. The number of phenols is 2. The van der Waals surface area contributed by atoms with E-state index in [4.69, 9.17) is 0 Å². The first-order chi connectivity index (χ1) is 11.0. The zero-order chi connectivity index (χ0) is 16.6. The first kappa shape index (κ1) is 15.3. The second-order valence-corrected chi connectivity index (χ2v) is 5.66. The number of phenolic OH excluding ortho intramolecular Hbond substituents is 2. The van der Waals surface area contributed by atoms with Crippen LogP contribution in [0.25, 0.3) is 0 Å². The average Bonchev–Trinajstić information content (AvgIpc) is 3.31. The minimum absolute atomic E-state index is 0.0988. The van der Waals surface area contributed by atoms with Crippen LogP contribution in [0.3, 0.4) is 0 Å². The minimum atomic E-state index is -0.909. The molecule has 0 unspecified atom stereocenters. The van der Waals surface area contributed by atoms with Gasteiger partial charge in [0.25, 0.3) is 0 Å². The Morgan fingerprint density at radius 3 is 2.57 bits per heavy atom. The van der Waals surface area contributed by atoms with Crippen LogP contribution in [0.15, 0.2) is 36.4 Å². The third-order valence-corrected chi connectivity index (χ3v) is 4.01. The molecule has 3 N–H and O–H groups in total. The van der Waals surface area contributed by atoms with Gasteiger partial charge in [-0.2, -0.15) is 0 Å². The number of hydrogen-bond donors (Lipinski definition) is 3. The van der Waals surface area contributed by atoms with Crippen LogP contribution >= 0.6 is 0 Å². The molecule has 1 aliphatic carbocycles. The van der Waals surface area contributed by atoms with Crippen LogP contribution in [0, 0.1) is 17.6 Å². The van der Waals surface area contributed by atoms with Crippen LogP contribution in [0.4, 0.5) is 8.78 Å². The van der Waals surface area contributed by atoms with Crippen LogP contribution in [-0.4, -0.2) is 16.1 Å². The van der Waals surface area contributed by atoms with E-state index in [-0.39, 0.29) is 35.8 Å². The molecule has 2 aromatic carbocycles. The summed E-state index contributed by atoms with van der Waals surface area (Å²) in [7, 11) is 0. The molecule has 0 radical (unpaired) electrons. The molecule has 1 amide bonds. The maximum absolute atomic E-state index is 13.2. The molecule has 0 heterocycles. The van der Waals surface area contributed by atoms with Crippen molar-refractivity contribution >= 4 is 5.91 Å². The van der Waals surface area contributed by atoms with Gasteiger partial charge in [-0.25, -0.2) is 8.78 Å². The van der Waals surface area contributed by atoms with E-state index in [0.29, 0.717) is 17.5 Å². The number of halogens is 2. The number of carbonyl (C=O) groups excluding carboxylic acids is 1. The number of benzene rings is 2. The number of hydrogen-bond acceptors (Lipinski definition) is 3. The van der Waals surface area contributed by atoms with Crippen molar-refractivity contribution in [1.29, 1.82) is 0 Å². The summed E-state index contributed by atoms with van der Waals surface area (Å²) in [5, 5.41) is 21.4. The molecule has 23 heavy (non-hydrogen) atoms. The highest BCUT2D eigenvalue weighted by Gasteiger charge is 2.44. The Morgan fingerprint density at radius 1 is 1.09 bits per heavy atom. The van der Waals surface area contributed by atoms with Gasteiger partial charge in [0.15, 0.2) is 23.1 Å². The van der Waals surface area contributed by atoms with Gasteiger partial charge in [0.05, 0.1) is 0 Å². The first-order valence-electron chi connectivity index (χ1n) is 7.19. The van der Waals surface area contributed by atoms with Crippen molar-refractivity contribution in [2.45, 2.75) is 18.9 Å². The summed E-state index contributed by atoms with van der Waals surface area (Å²) >= 11 is 0. The van der Waals surface area contributed by atoms with Gasteiger partial charge >= 0.3 is 0 Å². The highest BCUT2D eigenvalue weighted by atomic mass is 19.2. The molecular formula is C17H15F2NO3. The molecule has 4 nitrogen and oxygen atoms in total. The summed E-state index contributed by atoms with van der Waals surface area (Å²) in [6, 6.07) is 8.00. The molecular weight excluding hydrogens is 304 g/mol. The van der Waals surface area contributed by atoms with Crippen molar-refractivity contribution in [2.24, 2.45) is 5.92 Å². The van der Waals surface area contributed by atoms with Gasteiger partial charge in [-0.3, -0.25) is 4.79 Å². The largest absolute Gasteiger partial charge is 0.504 e. The lowest BCUT2D eigenvalue weighted by Crippen LogP contribution is -2.24. The number of nitrogens with one attached hydrogen (secondary N) is 1. The number of amides is 1. The van der Waals surface area contributed by atoms with E-state index >= 15 is 0 Å². The number of carbonyl (C=O) groups is 1. The summed E-state index contributed by atoms with van der Waals surface area (Å²) in [4.78, 5) is 12.1. The van der Waals surface area contributed by atoms with E-state index in [1.165, 1.54) is 18.2 Å². The van der Waals surface area contributed by atoms with Crippen molar-refractivity contribution in [3.8, 4) is 11.5 Å². The maximum atomic E-state index is 13.2. The van der Waals surface area contributed by atoms with E-state index in [1.807, 2.05) is 0 Å². The molecule has 2 aromatic rings. The van der Waals surface area contributed by atoms with Crippen LogP contribution in [0.1, 0.15) is 23.5 Å². The van der Waals surface area contributed by atoms with E-state index in [0.717, 1.165) is 12.1 Å². The molecule has 1 fully saturated rings. The fraction of sp³-hybridized carbons (Fsp3) is 0.235. The van der Waals surface area contributed by atoms with Gasteiger partial charge in [-0.15, -0.1) is 0 Å². The van der Waals surface area contributed by atoms with E-state index in [9.17, 15) is 23.8 Å². The number of aromatic hydroxyl groups is 2. The zero-order valence-corrected chi connectivity index (χ0v) is 12.1. The first-order valence-corrected chi connectivity index (χ1v) is 7.19. The fourth-order valence-corrected chi connectivity index (χ4v) is 2.60. The van der Waals surface area contributed by atoms with Crippen molar-refractivity contribution in [3.05, 3.63) is 59.2 Å². The van der Waals surface area contributed by atoms with Crippen LogP contribution in [0.5, 0.6) is 11.5 Å². The highest BCUT2D eigenvalue weighted by Crippen LogP contribution is 2.47. The molecule has 0 aromatic heterocycles. The van der Waals surface area contributed by atoms with E-state index in [1.54, 1.807) is 6.07 Å². The van der Waals surface area contributed by atoms with Gasteiger partial charge in [0, 0.05) is 12.5 Å². The second kappa shape index (κ2) is 5.87. The highest BCUT2D eigenvalue weighted by molar-refractivity contribution is 5.82. The Bertz CT molecular complexity index is 763. The Labute approximate surface area is 131 Å². The van der Waals surface area contributed by atoms with Gasteiger partial charge < -0.3 is 15.5 Å². The normalized spacial score (nSPS) is 19.4. The smallest absolute Gasteiger partial charge is 0.224 e. The molecule has 0 spiro atoms. The lowest BCUT2D eigenvalue weighted by atomic mass is 10.1. The van der Waals surface area contributed by atoms with Crippen LogP contribution < -0.4 is 5.32 Å². The SMILES string of the molecule is O=C(NCc1ccc(O)c(O)c1)[C@@H]1C[C@H]1c1ccc(F)c(F)c1. The summed E-state index contributed by atoms with van der Waals surface area (Å²) in [5.41, 5.74) is 1.27. The summed E-state index contributed by atoms with van der Waals surface area (Å²) < 4.78 is 26.1. The average molecular weight is 319 g/mol. The summed E-state index contributed by atoms with van der Waals surface area (Å²) in [5.74, 6) is -2.81. The van der Waals surface area contributed by atoms with Crippen molar-refractivity contribution < 1.29 is 23.8 Å². The van der Waals surface area contributed by atoms with Crippen molar-refractivity contribution in [2.75, 3.05) is 0 Å². The Balaban J connectivity index is 1.57. The molecule has 2 atom stereocenters. The van der Waals surface area contributed by atoms with Crippen molar-refractivity contribution in [3.63, 3.8) is 0 Å². The molecule has 6 heteroatoms. The van der Waals surface area contributed by atoms with Crippen LogP contribution in [-0.2, 0) is 11.3 Å². The summed E-state index contributed by atoms with van der Waals surface area (Å²) in [6.07, 6.45) is 0.595. The molecule has 3 rings (SSSR count). The predicted molar refractivity (Wildman–Crippen MR) is 78.8 cm³/mol. The molecule has 1 aliphatic rings. The van der Waals surface area contributed by atoms with E-state index < -0.39 is 11.6 Å². The van der Waals surface area contributed by atoms with Crippen molar-refractivity contribution in [1.82, 2.24) is 5.32 Å². The van der Waals surface area contributed by atoms with Gasteiger partial charge in [-0.1, -0.05) is 12.1 Å². The zero-order valence-electron chi connectivity index (χ0n) is 12.1. The Hall–Kier alpha value is -2.63. The molecule has 0 saturated heterocycles. The third kappa shape index (κ3) is 3.26. The van der Waals surface area contributed by atoms with Gasteiger partial charge in [0.2, 0.25) is 5.91 Å². The lowest BCUT2D eigenvalue weighted by Gasteiger charge is -2.07. The summed E-state index contributed by atoms with van der Waals surface area (Å²) in [6.45, 7) is 0.216. The molecule has 120 valence electrons. The standard InChI is InChI=1S/C17H15F2NO3/c18-13-3-2-10(6-14(13)19)11-7-12(11)17(23)20-8-9-1-4-15(21)16(22)5-9/h1-6,11-12,21-22H,7-8H2,(H,20,23)/t11-,12+/m0/s1.